The number of benzene rings is 2. The highest BCUT2D eigenvalue weighted by atomic mass is 16.4. The van der Waals surface area contributed by atoms with Gasteiger partial charge in [0.05, 0.1) is 11.6 Å². The maximum Gasteiger partial charge on any atom is 0.335 e. The molecule has 0 saturated heterocycles. The minimum absolute atomic E-state index is 0.209. The van der Waals surface area contributed by atoms with Crippen molar-refractivity contribution in [3.63, 3.8) is 0 Å². The van der Waals surface area contributed by atoms with Crippen molar-refractivity contribution < 1.29 is 9.90 Å². The Morgan fingerprint density at radius 3 is 2.50 bits per heavy atom. The molecule has 2 N–H and O–H groups in total. The Hall–Kier alpha value is -2.55. The first-order valence-electron chi connectivity index (χ1n) is 8.43. The molecule has 122 valence electrons. The molecule has 2 aromatic carbocycles. The lowest BCUT2D eigenvalue weighted by atomic mass is 9.75. The van der Waals surface area contributed by atoms with E-state index >= 15 is 0 Å². The molecule has 0 unspecified atom stereocenters. The topological polar surface area (TPSA) is 49.3 Å². The average Bonchev–Trinajstić information content (AvgIpc) is 3.07. The van der Waals surface area contributed by atoms with E-state index < -0.39 is 5.97 Å². The third-order valence-corrected chi connectivity index (χ3v) is 5.46. The molecule has 1 aliphatic carbocycles. The zero-order valence-electron chi connectivity index (χ0n) is 13.9. The van der Waals surface area contributed by atoms with Gasteiger partial charge in [0, 0.05) is 11.6 Å². The number of aromatic carboxylic acids is 1. The second-order valence-corrected chi connectivity index (χ2v) is 6.89. The van der Waals surface area contributed by atoms with Crippen LogP contribution < -0.4 is 5.32 Å². The number of carboxylic acids is 1. The van der Waals surface area contributed by atoms with E-state index in [9.17, 15) is 4.79 Å². The third-order valence-electron chi connectivity index (χ3n) is 5.46. The van der Waals surface area contributed by atoms with Crippen LogP contribution in [0, 0.1) is 19.8 Å². The second kappa shape index (κ2) is 5.52. The first-order valence-corrected chi connectivity index (χ1v) is 8.43. The first-order chi connectivity index (χ1) is 11.6. The van der Waals surface area contributed by atoms with Gasteiger partial charge in [-0.3, -0.25) is 0 Å². The molecule has 0 amide bonds. The van der Waals surface area contributed by atoms with Crippen molar-refractivity contribution in [2.45, 2.75) is 32.2 Å². The Labute approximate surface area is 142 Å². The lowest BCUT2D eigenvalue weighted by Crippen LogP contribution is -2.30. The van der Waals surface area contributed by atoms with Gasteiger partial charge in [0.15, 0.2) is 0 Å². The monoisotopic (exact) mass is 319 g/mol. The SMILES string of the molecule is Cc1ccc(C)c2c1N[C@@H](c1ccc(C(=O)O)cc1)[C@H]1CC=C[C@@H]21. The number of rotatable bonds is 2. The van der Waals surface area contributed by atoms with Crippen LogP contribution in [0.3, 0.4) is 0 Å². The second-order valence-electron chi connectivity index (χ2n) is 6.89. The molecule has 0 aromatic heterocycles. The van der Waals surface area contributed by atoms with Crippen molar-refractivity contribution in [1.82, 2.24) is 0 Å². The molecule has 2 aliphatic rings. The minimum atomic E-state index is -0.879. The van der Waals surface area contributed by atoms with Gasteiger partial charge in [-0.2, -0.15) is 0 Å². The molecule has 0 radical (unpaired) electrons. The van der Waals surface area contributed by atoms with Crippen LogP contribution in [0.2, 0.25) is 0 Å². The zero-order valence-corrected chi connectivity index (χ0v) is 13.9. The normalized spacial score (nSPS) is 24.2. The predicted octanol–water partition coefficient (Wildman–Crippen LogP) is 4.83. The molecular weight excluding hydrogens is 298 g/mol. The Bertz CT molecular complexity index is 836. The molecule has 3 heteroatoms. The molecule has 3 nitrogen and oxygen atoms in total. The van der Waals surface area contributed by atoms with Gasteiger partial charge >= 0.3 is 5.97 Å². The van der Waals surface area contributed by atoms with Crippen molar-refractivity contribution in [2.75, 3.05) is 5.32 Å². The summed E-state index contributed by atoms with van der Waals surface area (Å²) in [5, 5.41) is 12.9. The third kappa shape index (κ3) is 2.23. The fourth-order valence-corrected chi connectivity index (χ4v) is 4.21. The smallest absolute Gasteiger partial charge is 0.335 e. The van der Waals surface area contributed by atoms with Crippen molar-refractivity contribution in [1.29, 1.82) is 0 Å². The summed E-state index contributed by atoms with van der Waals surface area (Å²) in [4.78, 5) is 11.1. The van der Waals surface area contributed by atoms with Gasteiger partial charge in [-0.15, -0.1) is 0 Å². The lowest BCUT2D eigenvalue weighted by molar-refractivity contribution is 0.0697. The van der Waals surface area contributed by atoms with E-state index in [-0.39, 0.29) is 6.04 Å². The predicted molar refractivity (Wildman–Crippen MR) is 95.7 cm³/mol. The van der Waals surface area contributed by atoms with Crippen LogP contribution in [0.5, 0.6) is 0 Å². The van der Waals surface area contributed by atoms with Crippen LogP contribution in [0.25, 0.3) is 0 Å². The Kier molecular flexibility index (Phi) is 3.45. The van der Waals surface area contributed by atoms with Crippen LogP contribution in [0.15, 0.2) is 48.6 Å². The molecule has 1 aliphatic heterocycles. The zero-order chi connectivity index (χ0) is 16.8. The van der Waals surface area contributed by atoms with Crippen LogP contribution >= 0.6 is 0 Å². The fraction of sp³-hybridized carbons (Fsp3) is 0.286. The quantitative estimate of drug-likeness (QED) is 0.780. The van der Waals surface area contributed by atoms with Gasteiger partial charge in [-0.1, -0.05) is 36.4 Å². The number of aryl methyl sites for hydroxylation is 2. The Morgan fingerprint density at radius 1 is 1.08 bits per heavy atom. The molecule has 0 fully saturated rings. The number of hydrogen-bond acceptors (Lipinski definition) is 2. The Balaban J connectivity index is 1.78. The molecule has 0 bridgehead atoms. The number of allylic oxidation sites excluding steroid dienone is 2. The van der Waals surface area contributed by atoms with Crippen LogP contribution in [-0.2, 0) is 0 Å². The highest BCUT2D eigenvalue weighted by molar-refractivity contribution is 5.87. The molecular formula is C21H21NO2. The maximum atomic E-state index is 11.1. The number of fused-ring (bicyclic) bond motifs is 3. The molecule has 24 heavy (non-hydrogen) atoms. The summed E-state index contributed by atoms with van der Waals surface area (Å²) >= 11 is 0. The van der Waals surface area contributed by atoms with Crippen molar-refractivity contribution in [3.05, 3.63) is 76.4 Å². The van der Waals surface area contributed by atoms with Crippen LogP contribution in [-0.4, -0.2) is 11.1 Å². The molecule has 4 rings (SSSR count). The van der Waals surface area contributed by atoms with E-state index in [2.05, 4.69) is 43.4 Å². The van der Waals surface area contributed by atoms with E-state index in [1.807, 2.05) is 12.1 Å². The largest absolute Gasteiger partial charge is 0.478 e. The summed E-state index contributed by atoms with van der Waals surface area (Å²) in [7, 11) is 0. The van der Waals surface area contributed by atoms with Gasteiger partial charge in [0.25, 0.3) is 0 Å². The number of anilines is 1. The summed E-state index contributed by atoms with van der Waals surface area (Å²) in [5.41, 5.74) is 6.77. The highest BCUT2D eigenvalue weighted by Gasteiger charge is 2.39. The summed E-state index contributed by atoms with van der Waals surface area (Å²) in [6, 6.07) is 11.9. The van der Waals surface area contributed by atoms with Crippen molar-refractivity contribution in [3.8, 4) is 0 Å². The van der Waals surface area contributed by atoms with Crippen LogP contribution in [0.1, 0.15) is 51.0 Å². The number of carboxylic acid groups (broad SMARTS) is 1. The molecule has 0 saturated carbocycles. The van der Waals surface area contributed by atoms with E-state index in [1.54, 1.807) is 12.1 Å². The summed E-state index contributed by atoms with van der Waals surface area (Å²) in [5.74, 6) is 0.0364. The van der Waals surface area contributed by atoms with Gasteiger partial charge < -0.3 is 10.4 Å². The van der Waals surface area contributed by atoms with E-state index in [1.165, 1.54) is 22.4 Å². The maximum absolute atomic E-state index is 11.1. The number of nitrogens with one attached hydrogen (secondary N) is 1. The summed E-state index contributed by atoms with van der Waals surface area (Å²) in [6.45, 7) is 4.33. The molecule has 0 spiro atoms. The average molecular weight is 319 g/mol. The van der Waals surface area contributed by atoms with Gasteiger partial charge in [-0.25, -0.2) is 4.79 Å². The van der Waals surface area contributed by atoms with Crippen molar-refractivity contribution in [2.24, 2.45) is 5.92 Å². The number of hydrogen-bond donors (Lipinski definition) is 2. The molecule has 2 aromatic rings. The fourth-order valence-electron chi connectivity index (χ4n) is 4.21. The first kappa shape index (κ1) is 15.0. The van der Waals surface area contributed by atoms with Gasteiger partial charge in [0.1, 0.15) is 0 Å². The highest BCUT2D eigenvalue weighted by Crippen LogP contribution is 2.51. The molecule has 1 heterocycles. The lowest BCUT2D eigenvalue weighted by Gasteiger charge is -2.39. The van der Waals surface area contributed by atoms with Crippen LogP contribution in [0.4, 0.5) is 5.69 Å². The molecule has 3 atom stereocenters. The van der Waals surface area contributed by atoms with Gasteiger partial charge in [0.2, 0.25) is 0 Å². The van der Waals surface area contributed by atoms with Gasteiger partial charge in [-0.05, 0) is 60.6 Å². The Morgan fingerprint density at radius 2 is 1.79 bits per heavy atom. The standard InChI is InChI=1S/C21H21NO2/c1-12-6-7-13(2)19-18(12)16-4-3-5-17(16)20(22-19)14-8-10-15(11-9-14)21(23)24/h3-4,6-11,16-17,20,22H,5H2,1-2H3,(H,23,24)/t16-,17+,20+/m1/s1. The van der Waals surface area contributed by atoms with E-state index in [0.29, 0.717) is 17.4 Å². The minimum Gasteiger partial charge on any atom is -0.478 e. The van der Waals surface area contributed by atoms with E-state index in [0.717, 1.165) is 12.0 Å². The summed E-state index contributed by atoms with van der Waals surface area (Å²) < 4.78 is 0. The van der Waals surface area contributed by atoms with Crippen molar-refractivity contribution >= 4 is 11.7 Å². The van der Waals surface area contributed by atoms with E-state index in [4.69, 9.17) is 5.11 Å². The summed E-state index contributed by atoms with van der Waals surface area (Å²) in [6.07, 6.45) is 5.68. The number of carbonyl (C=O) groups is 1.